The van der Waals surface area contributed by atoms with Gasteiger partial charge < -0.3 is 10.2 Å². The topological polar surface area (TPSA) is 98.8 Å². The van der Waals surface area contributed by atoms with Crippen molar-refractivity contribution < 1.29 is 4.79 Å². The highest BCUT2D eigenvalue weighted by Crippen LogP contribution is 2.30. The van der Waals surface area contributed by atoms with Crippen LogP contribution in [-0.4, -0.2) is 57.3 Å². The fourth-order valence-electron chi connectivity index (χ4n) is 4.68. The van der Waals surface area contributed by atoms with Gasteiger partial charge in [-0.2, -0.15) is 5.10 Å². The molecule has 0 saturated carbocycles. The molecule has 168 valence electrons. The molecule has 0 unspecified atom stereocenters. The molecule has 1 aliphatic heterocycles. The van der Waals surface area contributed by atoms with Gasteiger partial charge in [-0.3, -0.25) is 15.4 Å². The maximum absolute atomic E-state index is 12.8. The lowest BCUT2D eigenvalue weighted by atomic mass is 9.91. The summed E-state index contributed by atoms with van der Waals surface area (Å²) in [6, 6.07) is 13.9. The van der Waals surface area contributed by atoms with E-state index in [9.17, 15) is 4.79 Å². The Morgan fingerprint density at radius 2 is 1.97 bits per heavy atom. The quantitative estimate of drug-likeness (QED) is 0.447. The van der Waals surface area contributed by atoms with E-state index in [2.05, 4.69) is 67.9 Å². The normalized spacial score (nSPS) is 18.5. The van der Waals surface area contributed by atoms with Crippen molar-refractivity contribution in [2.75, 3.05) is 25.5 Å². The molecular formula is C25H27N7O. The third-order valence-electron chi connectivity index (χ3n) is 6.27. The maximum atomic E-state index is 12.8. The molecule has 3 aromatic heterocycles. The second kappa shape index (κ2) is 8.63. The number of H-pyrrole nitrogens is 1. The van der Waals surface area contributed by atoms with Gasteiger partial charge in [0.25, 0.3) is 0 Å². The number of urea groups is 1. The smallest absolute Gasteiger partial charge is 0.320 e. The summed E-state index contributed by atoms with van der Waals surface area (Å²) in [5.41, 5.74) is 6.05. The molecule has 33 heavy (non-hydrogen) atoms. The second-order valence-electron chi connectivity index (χ2n) is 8.76. The molecule has 0 bridgehead atoms. The number of anilines is 1. The van der Waals surface area contributed by atoms with Crippen LogP contribution in [0.25, 0.3) is 22.2 Å². The van der Waals surface area contributed by atoms with Crippen LogP contribution in [0.15, 0.2) is 54.9 Å². The lowest BCUT2D eigenvalue weighted by molar-refractivity contribution is 0.247. The first-order valence-electron chi connectivity index (χ1n) is 11.1. The van der Waals surface area contributed by atoms with Crippen LogP contribution in [0.5, 0.6) is 0 Å². The Kier molecular flexibility index (Phi) is 5.51. The molecular weight excluding hydrogens is 414 g/mol. The predicted octanol–water partition coefficient (Wildman–Crippen LogP) is 3.86. The summed E-state index contributed by atoms with van der Waals surface area (Å²) < 4.78 is 0. The monoisotopic (exact) mass is 441 g/mol. The predicted molar refractivity (Wildman–Crippen MR) is 129 cm³/mol. The molecule has 1 saturated heterocycles. The molecule has 4 aromatic rings. The van der Waals surface area contributed by atoms with Gasteiger partial charge in [0, 0.05) is 54.1 Å². The third kappa shape index (κ3) is 4.29. The SMILES string of the molecule is Cc1cc(-c2n[nH]c3cc(NC(=O)N[C@@H]4CN(C)C[C@H]4c4ccccc4C)ncc23)ccn1. The highest BCUT2D eigenvalue weighted by atomic mass is 16.2. The van der Waals surface area contributed by atoms with Gasteiger partial charge in [0.15, 0.2) is 0 Å². The summed E-state index contributed by atoms with van der Waals surface area (Å²) in [5.74, 6) is 0.719. The van der Waals surface area contributed by atoms with Crippen molar-refractivity contribution >= 4 is 22.8 Å². The zero-order chi connectivity index (χ0) is 22.9. The van der Waals surface area contributed by atoms with Crippen LogP contribution in [0.2, 0.25) is 0 Å². The van der Waals surface area contributed by atoms with E-state index in [0.29, 0.717) is 5.82 Å². The minimum absolute atomic E-state index is 0.0218. The molecule has 1 aromatic carbocycles. The van der Waals surface area contributed by atoms with Gasteiger partial charge in [0.1, 0.15) is 11.5 Å². The lowest BCUT2D eigenvalue weighted by Crippen LogP contribution is -2.42. The number of carbonyl (C=O) groups excluding carboxylic acids is 1. The van der Waals surface area contributed by atoms with Crippen molar-refractivity contribution in [1.82, 2.24) is 30.4 Å². The van der Waals surface area contributed by atoms with Gasteiger partial charge in [-0.1, -0.05) is 24.3 Å². The lowest BCUT2D eigenvalue weighted by Gasteiger charge is -2.22. The van der Waals surface area contributed by atoms with E-state index < -0.39 is 0 Å². The summed E-state index contributed by atoms with van der Waals surface area (Å²) in [4.78, 5) is 23.8. The van der Waals surface area contributed by atoms with E-state index >= 15 is 0 Å². The van der Waals surface area contributed by atoms with Crippen molar-refractivity contribution in [1.29, 1.82) is 0 Å². The number of aromatic amines is 1. The molecule has 0 aliphatic carbocycles. The summed E-state index contributed by atoms with van der Waals surface area (Å²) in [6.45, 7) is 5.78. The number of carbonyl (C=O) groups is 1. The average Bonchev–Trinajstić information content (AvgIpc) is 3.37. The first-order valence-corrected chi connectivity index (χ1v) is 11.1. The van der Waals surface area contributed by atoms with Crippen LogP contribution in [0.1, 0.15) is 22.7 Å². The van der Waals surface area contributed by atoms with Gasteiger partial charge in [-0.15, -0.1) is 0 Å². The molecule has 5 rings (SSSR count). The Morgan fingerprint density at radius 1 is 1.12 bits per heavy atom. The Bertz CT molecular complexity index is 1320. The molecule has 0 radical (unpaired) electrons. The minimum atomic E-state index is -0.259. The fraction of sp³-hybridized carbons (Fsp3) is 0.280. The van der Waals surface area contributed by atoms with Crippen LogP contribution in [-0.2, 0) is 0 Å². The molecule has 8 nitrogen and oxygen atoms in total. The Hall–Kier alpha value is -3.78. The van der Waals surface area contributed by atoms with Gasteiger partial charge in [-0.25, -0.2) is 9.78 Å². The number of nitrogens with one attached hydrogen (secondary N) is 3. The number of hydrogen-bond acceptors (Lipinski definition) is 5. The molecule has 4 heterocycles. The number of benzene rings is 1. The van der Waals surface area contributed by atoms with Crippen molar-refractivity contribution in [2.24, 2.45) is 0 Å². The molecule has 8 heteroatoms. The summed E-state index contributed by atoms with van der Waals surface area (Å²) in [5, 5.41) is 14.4. The van der Waals surface area contributed by atoms with Gasteiger partial charge in [0.05, 0.1) is 11.6 Å². The highest BCUT2D eigenvalue weighted by Gasteiger charge is 2.33. The molecule has 0 spiro atoms. The van der Waals surface area contributed by atoms with Gasteiger partial charge in [0.2, 0.25) is 0 Å². The Balaban J connectivity index is 1.31. The number of pyridine rings is 2. The maximum Gasteiger partial charge on any atom is 0.320 e. The molecule has 2 atom stereocenters. The second-order valence-corrected chi connectivity index (χ2v) is 8.76. The number of rotatable bonds is 4. The fourth-order valence-corrected chi connectivity index (χ4v) is 4.68. The number of likely N-dealkylation sites (tertiary alicyclic amines) is 1. The van der Waals surface area contributed by atoms with Crippen LogP contribution < -0.4 is 10.6 Å². The average molecular weight is 442 g/mol. The van der Waals surface area contributed by atoms with Crippen LogP contribution in [0, 0.1) is 13.8 Å². The Labute approximate surface area is 192 Å². The first-order chi connectivity index (χ1) is 16.0. The summed E-state index contributed by atoms with van der Waals surface area (Å²) >= 11 is 0. The van der Waals surface area contributed by atoms with E-state index in [-0.39, 0.29) is 18.0 Å². The van der Waals surface area contributed by atoms with E-state index in [1.165, 1.54) is 11.1 Å². The molecule has 1 fully saturated rings. The minimum Gasteiger partial charge on any atom is -0.333 e. The highest BCUT2D eigenvalue weighted by molar-refractivity contribution is 5.95. The van der Waals surface area contributed by atoms with E-state index in [4.69, 9.17) is 0 Å². The van der Waals surface area contributed by atoms with Crippen LogP contribution >= 0.6 is 0 Å². The number of hydrogen-bond donors (Lipinski definition) is 3. The van der Waals surface area contributed by atoms with E-state index in [1.54, 1.807) is 18.5 Å². The molecule has 1 aliphatic rings. The standard InChI is InChI=1S/C25H27N7O/c1-15-6-4-5-7-18(15)20-13-32(3)14-22(20)28-25(33)29-23-11-21-19(12-27-23)24(31-30-21)17-8-9-26-16(2)10-17/h4-12,20,22H,13-14H2,1-3H3,(H,30,31)(H2,27,28,29,33)/t20-,22+/m0/s1. The number of aromatic nitrogens is 4. The largest absolute Gasteiger partial charge is 0.333 e. The number of fused-ring (bicyclic) bond motifs is 1. The number of likely N-dealkylation sites (N-methyl/N-ethyl adjacent to an activating group) is 1. The first kappa shape index (κ1) is 21.1. The van der Waals surface area contributed by atoms with Crippen LogP contribution in [0.4, 0.5) is 10.6 Å². The Morgan fingerprint density at radius 3 is 2.79 bits per heavy atom. The van der Waals surface area contributed by atoms with E-state index in [0.717, 1.165) is 40.9 Å². The van der Waals surface area contributed by atoms with Crippen molar-refractivity contribution in [2.45, 2.75) is 25.8 Å². The zero-order valence-electron chi connectivity index (χ0n) is 19.0. The van der Waals surface area contributed by atoms with Crippen molar-refractivity contribution in [3.8, 4) is 11.3 Å². The third-order valence-corrected chi connectivity index (χ3v) is 6.27. The molecule has 2 amide bonds. The number of nitrogens with zero attached hydrogens (tertiary/aromatic N) is 4. The number of aryl methyl sites for hydroxylation is 2. The summed E-state index contributed by atoms with van der Waals surface area (Å²) in [7, 11) is 2.08. The summed E-state index contributed by atoms with van der Waals surface area (Å²) in [6.07, 6.45) is 3.50. The van der Waals surface area contributed by atoms with Crippen molar-refractivity contribution in [3.63, 3.8) is 0 Å². The zero-order valence-corrected chi connectivity index (χ0v) is 19.0. The van der Waals surface area contributed by atoms with Gasteiger partial charge >= 0.3 is 6.03 Å². The molecule has 3 N–H and O–H groups in total. The van der Waals surface area contributed by atoms with E-state index in [1.807, 2.05) is 25.1 Å². The van der Waals surface area contributed by atoms with Crippen LogP contribution in [0.3, 0.4) is 0 Å². The van der Waals surface area contributed by atoms with Gasteiger partial charge in [-0.05, 0) is 44.2 Å². The number of amides is 2. The van der Waals surface area contributed by atoms with Crippen molar-refractivity contribution in [3.05, 3.63) is 71.7 Å².